The summed E-state index contributed by atoms with van der Waals surface area (Å²) in [5.41, 5.74) is -0.134. The average molecular weight is 224 g/mol. The largest absolute Gasteiger partial charge is 0.462 e. The van der Waals surface area contributed by atoms with Gasteiger partial charge in [-0.15, -0.1) is 0 Å². The normalized spacial score (nSPS) is 11.2. The third-order valence-corrected chi connectivity index (χ3v) is 2.18. The second-order valence-electron chi connectivity index (χ2n) is 4.42. The Morgan fingerprint density at radius 2 is 1.94 bits per heavy atom. The maximum atomic E-state index is 11.5. The van der Waals surface area contributed by atoms with E-state index in [0.717, 1.165) is 0 Å². The highest BCUT2D eigenvalue weighted by molar-refractivity contribution is 5.89. The number of carbonyl (C=O) groups is 1. The van der Waals surface area contributed by atoms with Gasteiger partial charge in [0, 0.05) is 0 Å². The van der Waals surface area contributed by atoms with Gasteiger partial charge in [0.05, 0.1) is 17.8 Å². The van der Waals surface area contributed by atoms with Crippen molar-refractivity contribution in [1.29, 1.82) is 0 Å². The summed E-state index contributed by atoms with van der Waals surface area (Å²) in [5.74, 6) is -0.309. The van der Waals surface area contributed by atoms with E-state index in [1.54, 1.807) is 38.1 Å². The molecule has 0 saturated carbocycles. The summed E-state index contributed by atoms with van der Waals surface area (Å²) >= 11 is 0. The van der Waals surface area contributed by atoms with Crippen LogP contribution >= 0.6 is 0 Å². The summed E-state index contributed by atoms with van der Waals surface area (Å²) in [4.78, 5) is 11.5. The van der Waals surface area contributed by atoms with Crippen LogP contribution in [0.15, 0.2) is 30.3 Å². The highest BCUT2D eigenvalue weighted by atomic mass is 18.2. The van der Waals surface area contributed by atoms with Crippen LogP contribution in [-0.2, 0) is 4.74 Å². The Morgan fingerprint density at radius 3 is 2.50 bits per heavy atom. The molecule has 0 fully saturated rings. The summed E-state index contributed by atoms with van der Waals surface area (Å²) in [5, 5.41) is 9.46. The molecule has 1 aromatic carbocycles. The van der Waals surface area contributed by atoms with E-state index in [4.69, 9.17) is 4.74 Å². The highest BCUT2D eigenvalue weighted by Gasteiger charge is 2.12. The van der Waals surface area contributed by atoms with Crippen LogP contribution in [0.4, 0.5) is 0 Å². The lowest BCUT2D eigenvalue weighted by atomic mass is 10.1. The molecule has 0 heterocycles. The summed E-state index contributed by atoms with van der Waals surface area (Å²) in [6, 6.07) is 8.89. The zero-order chi connectivity index (χ0) is 12.0. The Balaban J connectivity index is 2.27. The Morgan fingerprint density at radius 1 is 1.31 bits per heavy atom. The Hall–Kier alpha value is -1.35. The first-order valence-electron chi connectivity index (χ1n) is 5.43. The van der Waals surface area contributed by atoms with E-state index in [2.05, 4.69) is 0 Å². The number of benzene rings is 1. The number of ether oxygens (including phenoxy) is 1. The van der Waals surface area contributed by atoms with Crippen LogP contribution in [0.5, 0.6) is 0 Å². The molecule has 0 amide bonds. The van der Waals surface area contributed by atoms with E-state index in [0.29, 0.717) is 25.0 Å². The van der Waals surface area contributed by atoms with Gasteiger partial charge in [-0.2, -0.15) is 0 Å². The van der Waals surface area contributed by atoms with Crippen molar-refractivity contribution in [3.8, 4) is 0 Å². The molecular formula is C13H18O3. The van der Waals surface area contributed by atoms with Gasteiger partial charge >= 0.3 is 5.97 Å². The molecule has 0 unspecified atom stereocenters. The van der Waals surface area contributed by atoms with Crippen LogP contribution in [0.1, 0.15) is 37.0 Å². The van der Waals surface area contributed by atoms with Crippen LogP contribution in [0.3, 0.4) is 0 Å². The van der Waals surface area contributed by atoms with Gasteiger partial charge in [0.1, 0.15) is 0 Å². The summed E-state index contributed by atoms with van der Waals surface area (Å²) in [6.45, 7) is 3.83. The van der Waals surface area contributed by atoms with Crippen LogP contribution < -0.4 is 0 Å². The second kappa shape index (κ2) is 5.66. The summed E-state index contributed by atoms with van der Waals surface area (Å²) in [6.07, 6.45) is 1.29. The zero-order valence-corrected chi connectivity index (χ0v) is 9.77. The number of rotatable bonds is 5. The first-order valence-corrected chi connectivity index (χ1v) is 5.43. The van der Waals surface area contributed by atoms with Crippen molar-refractivity contribution in [1.82, 2.24) is 0 Å². The van der Waals surface area contributed by atoms with Gasteiger partial charge in [-0.3, -0.25) is 0 Å². The van der Waals surface area contributed by atoms with E-state index in [-0.39, 0.29) is 5.97 Å². The van der Waals surface area contributed by atoms with Crippen molar-refractivity contribution in [2.75, 3.05) is 6.61 Å². The minimum Gasteiger partial charge on any atom is -0.462 e. The number of carbonyl (C=O) groups excluding carboxylic acids is 1. The highest BCUT2D eigenvalue weighted by Crippen LogP contribution is 2.10. The SMILES string of the molecule is CC(C)([18OH])CCCOC(=O)c1ccccc1. The van der Waals surface area contributed by atoms with E-state index in [1.165, 1.54) is 0 Å². The molecule has 0 aliphatic rings. The lowest BCUT2D eigenvalue weighted by molar-refractivity contribution is 0.0386. The third kappa shape index (κ3) is 4.94. The summed E-state index contributed by atoms with van der Waals surface area (Å²) in [7, 11) is 0. The molecule has 0 aromatic heterocycles. The number of aliphatic hydroxyl groups is 1. The molecule has 3 nitrogen and oxygen atoms in total. The molecule has 0 aliphatic heterocycles. The van der Waals surface area contributed by atoms with E-state index < -0.39 is 5.60 Å². The third-order valence-electron chi connectivity index (χ3n) is 2.18. The molecule has 0 atom stereocenters. The van der Waals surface area contributed by atoms with Gasteiger partial charge in [-0.05, 0) is 38.8 Å². The number of esters is 1. The quantitative estimate of drug-likeness (QED) is 0.474. The van der Waals surface area contributed by atoms with Gasteiger partial charge in [0.15, 0.2) is 0 Å². The lowest BCUT2D eigenvalue weighted by Crippen LogP contribution is -2.19. The van der Waals surface area contributed by atoms with Crippen molar-refractivity contribution in [3.63, 3.8) is 0 Å². The zero-order valence-electron chi connectivity index (χ0n) is 9.77. The molecule has 1 aromatic rings. The second-order valence-corrected chi connectivity index (χ2v) is 4.42. The molecule has 0 radical (unpaired) electrons. The molecule has 0 saturated heterocycles. The van der Waals surface area contributed by atoms with E-state index in [9.17, 15) is 9.90 Å². The molecule has 16 heavy (non-hydrogen) atoms. The minimum atomic E-state index is -0.695. The molecule has 88 valence electrons. The molecule has 0 aliphatic carbocycles. The van der Waals surface area contributed by atoms with Crippen molar-refractivity contribution in [2.45, 2.75) is 32.3 Å². The smallest absolute Gasteiger partial charge is 0.338 e. The molecule has 1 N–H and O–H groups in total. The number of hydrogen-bond acceptors (Lipinski definition) is 3. The molecule has 3 heteroatoms. The van der Waals surface area contributed by atoms with E-state index >= 15 is 0 Å². The van der Waals surface area contributed by atoms with Crippen LogP contribution in [-0.4, -0.2) is 23.3 Å². The van der Waals surface area contributed by atoms with Gasteiger partial charge in [0.2, 0.25) is 0 Å². The maximum absolute atomic E-state index is 11.5. The van der Waals surface area contributed by atoms with Gasteiger partial charge < -0.3 is 9.84 Å². The average Bonchev–Trinajstić information content (AvgIpc) is 2.24. The first kappa shape index (κ1) is 12.7. The fourth-order valence-corrected chi connectivity index (χ4v) is 1.33. The lowest BCUT2D eigenvalue weighted by Gasteiger charge is -2.16. The van der Waals surface area contributed by atoms with Crippen molar-refractivity contribution in [2.24, 2.45) is 0 Å². The first-order chi connectivity index (χ1) is 7.49. The van der Waals surface area contributed by atoms with Gasteiger partial charge in [0.25, 0.3) is 0 Å². The van der Waals surface area contributed by atoms with Crippen LogP contribution in [0, 0.1) is 0 Å². The van der Waals surface area contributed by atoms with Crippen LogP contribution in [0.25, 0.3) is 0 Å². The Bertz CT molecular complexity index is 325. The number of hydrogen-bond donors (Lipinski definition) is 1. The monoisotopic (exact) mass is 224 g/mol. The molecular weight excluding hydrogens is 206 g/mol. The molecule has 0 bridgehead atoms. The molecule has 0 spiro atoms. The van der Waals surface area contributed by atoms with Crippen molar-refractivity contribution < 1.29 is 14.6 Å². The maximum Gasteiger partial charge on any atom is 0.338 e. The fourth-order valence-electron chi connectivity index (χ4n) is 1.33. The fraction of sp³-hybridized carbons (Fsp3) is 0.462. The van der Waals surface area contributed by atoms with Gasteiger partial charge in [-0.1, -0.05) is 18.2 Å². The topological polar surface area (TPSA) is 46.5 Å². The van der Waals surface area contributed by atoms with E-state index in [1.807, 2.05) is 6.07 Å². The minimum absolute atomic E-state index is 0.309. The summed E-state index contributed by atoms with van der Waals surface area (Å²) < 4.78 is 5.07. The Labute approximate surface area is 96.1 Å². The Kier molecular flexibility index (Phi) is 4.50. The van der Waals surface area contributed by atoms with Crippen molar-refractivity contribution in [3.05, 3.63) is 35.9 Å². The van der Waals surface area contributed by atoms with Crippen molar-refractivity contribution >= 4 is 5.97 Å². The van der Waals surface area contributed by atoms with Gasteiger partial charge in [-0.25, -0.2) is 4.79 Å². The standard InChI is InChI=1S/C13H18O3/c1-13(2,15)9-6-10-16-12(14)11-7-4-3-5-8-11/h3-5,7-8,15H,6,9-10H2,1-2H3/i15+2. The predicted octanol–water partition coefficient (Wildman–Crippen LogP) is 2.39. The molecule has 1 rings (SSSR count). The predicted molar refractivity (Wildman–Crippen MR) is 62.3 cm³/mol. The van der Waals surface area contributed by atoms with Crippen LogP contribution in [0.2, 0.25) is 0 Å².